The normalized spacial score (nSPS) is 13.4. The zero-order valence-corrected chi connectivity index (χ0v) is 32.7. The molecule has 0 aliphatic carbocycles. The van der Waals surface area contributed by atoms with Gasteiger partial charge < -0.3 is 14.3 Å². The van der Waals surface area contributed by atoms with E-state index in [0.29, 0.717) is 0 Å². The van der Waals surface area contributed by atoms with Crippen LogP contribution < -0.4 is 10.2 Å². The molecule has 48 heavy (non-hydrogen) atoms. The number of aryl methyl sites for hydroxylation is 2. The molecule has 0 radical (unpaired) electrons. The van der Waals surface area contributed by atoms with E-state index in [1.54, 1.807) is 0 Å². The maximum Gasteiger partial charge on any atom is 3.00 e. The quantitative estimate of drug-likeness (QED) is 0.226. The first-order valence-electron chi connectivity index (χ1n) is 14.3. The van der Waals surface area contributed by atoms with E-state index in [1.807, 2.05) is 24.3 Å². The fraction of sp³-hybridized carbons (Fsp3) is 0.625. The Kier molecular flexibility index (Phi) is 15.5. The fourth-order valence-corrected chi connectivity index (χ4v) is 5.70. The van der Waals surface area contributed by atoms with Crippen LogP contribution in [0.15, 0.2) is 24.3 Å². The Morgan fingerprint density at radius 2 is 0.646 bits per heavy atom. The predicted molar refractivity (Wildman–Crippen MR) is 175 cm³/mol. The number of halogens is 6. The second-order valence-corrected chi connectivity index (χ2v) is 18.7. The molecule has 2 rings (SSSR count). The third-order valence-corrected chi connectivity index (χ3v) is 9.22. The molecule has 0 bridgehead atoms. The average molecular weight is 746 g/mol. The van der Waals surface area contributed by atoms with Gasteiger partial charge in [-0.2, -0.15) is 26.3 Å². The minimum Gasteiger partial charge on any atom is -0.872 e. The van der Waals surface area contributed by atoms with Crippen LogP contribution in [0.3, 0.4) is 0 Å². The van der Waals surface area contributed by atoms with E-state index >= 15 is 0 Å². The van der Waals surface area contributed by atoms with Gasteiger partial charge in [-0.15, -0.1) is 11.5 Å². The van der Waals surface area contributed by atoms with Crippen LogP contribution in [0.5, 0.6) is 11.5 Å². The Morgan fingerprint density at radius 1 is 0.479 bits per heavy atom. The molecule has 0 aromatic heterocycles. The summed E-state index contributed by atoms with van der Waals surface area (Å²) in [5.41, 5.74) is -6.66. The van der Waals surface area contributed by atoms with Crippen LogP contribution in [-0.4, -0.2) is 45.2 Å². The molecule has 0 amide bonds. The van der Waals surface area contributed by atoms with Gasteiger partial charge in [-0.25, -0.2) is 16.8 Å². The first-order chi connectivity index (χ1) is 20.3. The van der Waals surface area contributed by atoms with Crippen LogP contribution in [0.2, 0.25) is 0 Å². The number of alkyl halides is 6. The number of benzene rings is 2. The second kappa shape index (κ2) is 15.5. The first kappa shape index (κ1) is 48.1. The van der Waals surface area contributed by atoms with Gasteiger partial charge in [0.25, 0.3) is 0 Å². The van der Waals surface area contributed by atoms with Crippen molar-refractivity contribution in [1.82, 2.24) is 0 Å². The van der Waals surface area contributed by atoms with E-state index in [0.717, 1.165) is 26.4 Å². The molecule has 0 heterocycles. The molecule has 2 aromatic rings. The zero-order valence-electron chi connectivity index (χ0n) is 29.9. The van der Waals surface area contributed by atoms with Crippen LogP contribution in [0.4, 0.5) is 26.3 Å². The molecule has 2 aromatic carbocycles. The first-order valence-corrected chi connectivity index (χ1v) is 17.2. The molecule has 0 spiro atoms. The van der Waals surface area contributed by atoms with Crippen molar-refractivity contribution in [2.24, 2.45) is 0 Å². The SMILES string of the molecule is Cc1cc(C(C)(C)C)c([O-])c(C(C)(C)C)c1.Cc1cc(C(C)(C)C)c([O-])c(C(C)(C)C)c1.O=S(=O)([N-]S(=O)(=O)C(F)(F)F)C(F)(F)F.[Al+3]. The standard InChI is InChI=1S/2C15H24O.C2F6NO4S2.Al/c2*1-10-8-11(14(2,3)4)13(16)12(9-10)15(5,6)7;3-1(4,5)14(10,11)9-15(12,13)2(6,7)8;/h2*8-9,16H,1-7H3;;/q;;-1;+3/p-2. The van der Waals surface area contributed by atoms with Crippen molar-refractivity contribution in [3.05, 3.63) is 61.8 Å². The molecular formula is C32H46AlF6NO6S2. The van der Waals surface area contributed by atoms with Crippen LogP contribution >= 0.6 is 0 Å². The van der Waals surface area contributed by atoms with Gasteiger partial charge in [0.1, 0.15) is 0 Å². The summed E-state index contributed by atoms with van der Waals surface area (Å²) in [6.07, 6.45) is 0. The molecule has 0 aliphatic heterocycles. The smallest absolute Gasteiger partial charge is 0.872 e. The number of hydrogen-bond acceptors (Lipinski definition) is 6. The summed E-state index contributed by atoms with van der Waals surface area (Å²) in [5, 5.41) is 24.8. The van der Waals surface area contributed by atoms with E-state index in [9.17, 15) is 53.4 Å². The molecule has 0 atom stereocenters. The Labute approximate surface area is 292 Å². The minimum atomic E-state index is -6.72. The Morgan fingerprint density at radius 3 is 0.771 bits per heavy atom. The van der Waals surface area contributed by atoms with E-state index in [-0.39, 0.29) is 50.5 Å². The summed E-state index contributed by atoms with van der Waals surface area (Å²) in [5.74, 6) is 0.427. The molecule has 0 aliphatic rings. The molecule has 0 fully saturated rings. The second-order valence-electron chi connectivity index (χ2n) is 15.3. The minimum absolute atomic E-state index is 0. The van der Waals surface area contributed by atoms with Crippen LogP contribution in [0.25, 0.3) is 4.13 Å². The summed E-state index contributed by atoms with van der Waals surface area (Å²) >= 11 is 0. The summed E-state index contributed by atoms with van der Waals surface area (Å²) in [4.78, 5) is 0. The molecule has 272 valence electrons. The summed E-state index contributed by atoms with van der Waals surface area (Å²) in [6.45, 7) is 29.2. The fourth-order valence-electron chi connectivity index (χ4n) is 3.99. The van der Waals surface area contributed by atoms with Gasteiger partial charge in [0, 0.05) is 0 Å². The van der Waals surface area contributed by atoms with Gasteiger partial charge in [0.2, 0.25) is 0 Å². The summed E-state index contributed by atoms with van der Waals surface area (Å²) < 4.78 is 109. The van der Waals surface area contributed by atoms with E-state index in [2.05, 4.69) is 96.9 Å². The summed E-state index contributed by atoms with van der Waals surface area (Å²) in [7, 11) is -13.4. The number of rotatable bonds is 2. The van der Waals surface area contributed by atoms with Crippen molar-refractivity contribution in [3.63, 3.8) is 0 Å². The largest absolute Gasteiger partial charge is 3.00 e. The Bertz CT molecular complexity index is 1430. The molecule has 16 heteroatoms. The van der Waals surface area contributed by atoms with Crippen LogP contribution in [-0.2, 0) is 41.7 Å². The number of sulfonamides is 2. The molecule has 0 saturated heterocycles. The molecule has 0 unspecified atom stereocenters. The topological polar surface area (TPSA) is 128 Å². The van der Waals surface area contributed by atoms with Crippen LogP contribution in [0, 0.1) is 13.8 Å². The van der Waals surface area contributed by atoms with Crippen molar-refractivity contribution < 1.29 is 53.4 Å². The van der Waals surface area contributed by atoms with Gasteiger partial charge in [-0.05, 0) is 57.8 Å². The molecule has 0 saturated carbocycles. The van der Waals surface area contributed by atoms with Gasteiger partial charge in [0.05, 0.1) is 0 Å². The predicted octanol–water partition coefficient (Wildman–Crippen LogP) is 8.01. The van der Waals surface area contributed by atoms with Gasteiger partial charge >= 0.3 is 28.4 Å². The van der Waals surface area contributed by atoms with E-state index in [1.165, 1.54) is 11.1 Å². The molecule has 0 N–H and O–H groups in total. The third-order valence-electron chi connectivity index (χ3n) is 6.48. The maximum atomic E-state index is 12.4. The molecule has 7 nitrogen and oxygen atoms in total. The van der Waals surface area contributed by atoms with Crippen molar-refractivity contribution in [1.29, 1.82) is 0 Å². The van der Waals surface area contributed by atoms with E-state index < -0.39 is 31.1 Å². The van der Waals surface area contributed by atoms with Gasteiger partial charge in [0.15, 0.2) is 20.0 Å². The van der Waals surface area contributed by atoms with Crippen molar-refractivity contribution in [2.45, 2.75) is 130 Å². The van der Waals surface area contributed by atoms with Crippen molar-refractivity contribution >= 4 is 37.4 Å². The van der Waals surface area contributed by atoms with Crippen LogP contribution in [0.1, 0.15) is 116 Å². The Balaban J connectivity index is 0. The summed E-state index contributed by atoms with van der Waals surface area (Å²) in [6, 6.07) is 8.10. The number of hydrogen-bond donors (Lipinski definition) is 0. The Hall–Kier alpha value is -1.99. The molecular weight excluding hydrogens is 699 g/mol. The zero-order chi connectivity index (χ0) is 38.2. The van der Waals surface area contributed by atoms with Crippen molar-refractivity contribution in [2.75, 3.05) is 0 Å². The monoisotopic (exact) mass is 745 g/mol. The average Bonchev–Trinajstić information content (AvgIpc) is 2.77. The van der Waals surface area contributed by atoms with Gasteiger partial charge in [-0.3, -0.25) is 0 Å². The van der Waals surface area contributed by atoms with Crippen molar-refractivity contribution in [3.8, 4) is 11.5 Å². The number of nitrogens with zero attached hydrogens (tertiary/aromatic N) is 1. The third kappa shape index (κ3) is 13.4. The van der Waals surface area contributed by atoms with Gasteiger partial charge in [-0.1, -0.05) is 118 Å². The van der Waals surface area contributed by atoms with E-state index in [4.69, 9.17) is 0 Å². The maximum absolute atomic E-state index is 12.4.